The summed E-state index contributed by atoms with van der Waals surface area (Å²) in [5.74, 6) is -1.44. The van der Waals surface area contributed by atoms with E-state index in [1.54, 1.807) is 0 Å². The van der Waals surface area contributed by atoms with Crippen LogP contribution in [0, 0.1) is 0 Å². The van der Waals surface area contributed by atoms with Crippen LogP contribution < -0.4 is 10.6 Å². The van der Waals surface area contributed by atoms with Gasteiger partial charge >= 0.3 is 12.1 Å². The van der Waals surface area contributed by atoms with E-state index in [9.17, 15) is 22.8 Å². The number of nitrogens with zero attached hydrogens (tertiary/aromatic N) is 1. The number of hydrogen-bond donors (Lipinski definition) is 2. The van der Waals surface area contributed by atoms with Gasteiger partial charge in [-0.25, -0.2) is 9.78 Å². The second-order valence-corrected chi connectivity index (χ2v) is 7.68. The van der Waals surface area contributed by atoms with Crippen LogP contribution >= 0.6 is 11.3 Å². The summed E-state index contributed by atoms with van der Waals surface area (Å²) < 4.78 is 41.7. The van der Waals surface area contributed by atoms with Gasteiger partial charge < -0.3 is 15.4 Å². The SMILES string of the molecule is O=C(N[C@@H]1C[C@H]2CC[C@@H]1N2)c1cc2c(C(=O)OCC(F)(F)F)csc2cn1. The highest BCUT2D eigenvalue weighted by molar-refractivity contribution is 7.17. The summed E-state index contributed by atoms with van der Waals surface area (Å²) >= 11 is 1.15. The molecular weight excluding hydrogens is 383 g/mol. The molecule has 27 heavy (non-hydrogen) atoms. The highest BCUT2D eigenvalue weighted by atomic mass is 32.1. The highest BCUT2D eigenvalue weighted by Crippen LogP contribution is 2.29. The van der Waals surface area contributed by atoms with Crippen molar-refractivity contribution in [2.24, 2.45) is 0 Å². The van der Waals surface area contributed by atoms with Crippen molar-refractivity contribution in [2.45, 2.75) is 43.6 Å². The molecule has 2 aromatic heterocycles. The Morgan fingerprint density at radius 1 is 1.37 bits per heavy atom. The largest absolute Gasteiger partial charge is 0.452 e. The third-order valence-corrected chi connectivity index (χ3v) is 5.83. The van der Waals surface area contributed by atoms with Crippen LogP contribution in [0.15, 0.2) is 17.6 Å². The van der Waals surface area contributed by atoms with Crippen molar-refractivity contribution < 1.29 is 27.5 Å². The topological polar surface area (TPSA) is 80.3 Å². The average molecular weight is 399 g/mol. The Balaban J connectivity index is 1.51. The minimum absolute atomic E-state index is 0.00251. The summed E-state index contributed by atoms with van der Waals surface area (Å²) in [6, 6.07) is 2.15. The second-order valence-electron chi connectivity index (χ2n) is 6.77. The van der Waals surface area contributed by atoms with Crippen molar-refractivity contribution in [1.29, 1.82) is 0 Å². The normalized spacial score (nSPS) is 24.3. The van der Waals surface area contributed by atoms with Gasteiger partial charge in [0.05, 0.1) is 10.3 Å². The molecule has 2 aromatic rings. The molecule has 4 rings (SSSR count). The van der Waals surface area contributed by atoms with Crippen molar-refractivity contribution in [3.63, 3.8) is 0 Å². The quantitative estimate of drug-likeness (QED) is 0.773. The molecule has 6 nitrogen and oxygen atoms in total. The molecule has 0 radical (unpaired) electrons. The molecule has 2 saturated heterocycles. The van der Waals surface area contributed by atoms with Gasteiger partial charge in [0.15, 0.2) is 6.61 Å². The fourth-order valence-corrected chi connectivity index (χ4v) is 4.54. The minimum atomic E-state index is -4.59. The number of carbonyl (C=O) groups is 2. The molecule has 0 spiro atoms. The number of alkyl halides is 3. The Hall–Kier alpha value is -2.20. The van der Waals surface area contributed by atoms with E-state index >= 15 is 0 Å². The van der Waals surface area contributed by atoms with Crippen LogP contribution in [0.4, 0.5) is 13.2 Å². The lowest BCUT2D eigenvalue weighted by atomic mass is 9.95. The number of aromatic nitrogens is 1. The maximum Gasteiger partial charge on any atom is 0.422 e. The van der Waals surface area contributed by atoms with Crippen molar-refractivity contribution in [1.82, 2.24) is 15.6 Å². The number of carbonyl (C=O) groups excluding carboxylic acids is 2. The highest BCUT2D eigenvalue weighted by Gasteiger charge is 2.39. The van der Waals surface area contributed by atoms with Gasteiger partial charge in [-0.3, -0.25) is 4.79 Å². The summed E-state index contributed by atoms with van der Waals surface area (Å²) in [7, 11) is 0. The van der Waals surface area contributed by atoms with E-state index in [0.29, 0.717) is 16.1 Å². The molecule has 0 unspecified atom stereocenters. The van der Waals surface area contributed by atoms with Gasteiger partial charge in [-0.2, -0.15) is 13.2 Å². The smallest absolute Gasteiger partial charge is 0.422 e. The fraction of sp³-hybridized carbons (Fsp3) is 0.471. The molecule has 1 amide bonds. The average Bonchev–Trinajstić information content (AvgIpc) is 3.33. The number of nitrogens with one attached hydrogen (secondary N) is 2. The van der Waals surface area contributed by atoms with Crippen LogP contribution in [-0.2, 0) is 4.74 Å². The van der Waals surface area contributed by atoms with E-state index in [1.165, 1.54) is 17.6 Å². The molecule has 2 fully saturated rings. The molecule has 2 bridgehead atoms. The van der Waals surface area contributed by atoms with Gasteiger partial charge in [0.2, 0.25) is 0 Å². The first-order valence-electron chi connectivity index (χ1n) is 8.48. The number of rotatable bonds is 4. The van der Waals surface area contributed by atoms with Gasteiger partial charge in [-0.15, -0.1) is 11.3 Å². The first-order chi connectivity index (χ1) is 12.8. The van der Waals surface area contributed by atoms with E-state index in [2.05, 4.69) is 20.4 Å². The Bertz CT molecular complexity index is 898. The van der Waals surface area contributed by atoms with Crippen molar-refractivity contribution >= 4 is 33.3 Å². The number of amides is 1. The van der Waals surface area contributed by atoms with Crippen LogP contribution in [0.3, 0.4) is 0 Å². The number of pyridine rings is 1. The lowest BCUT2D eigenvalue weighted by molar-refractivity contribution is -0.161. The first-order valence-corrected chi connectivity index (χ1v) is 9.36. The second kappa shape index (κ2) is 6.75. The molecule has 144 valence electrons. The van der Waals surface area contributed by atoms with E-state index in [-0.39, 0.29) is 29.2 Å². The van der Waals surface area contributed by atoms with Crippen LogP contribution in [-0.4, -0.2) is 47.8 Å². The number of fused-ring (bicyclic) bond motifs is 3. The van der Waals surface area contributed by atoms with Gasteiger partial charge in [-0.05, 0) is 25.3 Å². The molecule has 10 heteroatoms. The predicted molar refractivity (Wildman–Crippen MR) is 91.8 cm³/mol. The minimum Gasteiger partial charge on any atom is -0.452 e. The lowest BCUT2D eigenvalue weighted by Crippen LogP contribution is -2.43. The fourth-order valence-electron chi connectivity index (χ4n) is 3.67. The maximum absolute atomic E-state index is 12.5. The number of thiophene rings is 1. The van der Waals surface area contributed by atoms with Crippen molar-refractivity contribution in [2.75, 3.05) is 6.61 Å². The Labute approximate surface area is 156 Å². The Morgan fingerprint density at radius 3 is 2.85 bits per heavy atom. The Kier molecular flexibility index (Phi) is 4.55. The van der Waals surface area contributed by atoms with Crippen LogP contribution in [0.25, 0.3) is 10.1 Å². The molecule has 2 aliphatic heterocycles. The van der Waals surface area contributed by atoms with Gasteiger partial charge in [0.25, 0.3) is 5.91 Å². The van der Waals surface area contributed by atoms with Crippen molar-refractivity contribution in [3.05, 3.63) is 28.9 Å². The van der Waals surface area contributed by atoms with E-state index in [0.717, 1.165) is 30.6 Å². The summed E-state index contributed by atoms with van der Waals surface area (Å²) in [4.78, 5) is 28.6. The zero-order valence-electron chi connectivity index (χ0n) is 14.0. The summed E-state index contributed by atoms with van der Waals surface area (Å²) in [5, 5.41) is 8.14. The van der Waals surface area contributed by atoms with E-state index < -0.39 is 18.8 Å². The Morgan fingerprint density at radius 2 is 2.19 bits per heavy atom. The monoisotopic (exact) mass is 399 g/mol. The summed E-state index contributed by atoms with van der Waals surface area (Å²) in [5.41, 5.74) is 0.117. The number of esters is 1. The number of halogens is 3. The molecule has 2 aliphatic rings. The summed E-state index contributed by atoms with van der Waals surface area (Å²) in [6.07, 6.45) is -0.162. The van der Waals surface area contributed by atoms with Crippen LogP contribution in [0.5, 0.6) is 0 Å². The first kappa shape index (κ1) is 18.2. The third kappa shape index (κ3) is 3.77. The van der Waals surface area contributed by atoms with Gasteiger partial charge in [0, 0.05) is 35.1 Å². The number of ether oxygens (including phenoxy) is 1. The zero-order valence-corrected chi connectivity index (χ0v) is 14.8. The van der Waals surface area contributed by atoms with Gasteiger partial charge in [0.1, 0.15) is 5.69 Å². The van der Waals surface area contributed by atoms with E-state index in [1.807, 2.05) is 0 Å². The maximum atomic E-state index is 12.5. The standard InChI is InChI=1S/C17H16F3N3O3S/c18-17(19,20)7-26-16(25)10-6-27-14-5-21-13(4-9(10)14)15(24)23-12-3-8-1-2-11(12)22-8/h4-6,8,11-12,22H,1-3,7H2,(H,23,24)/t8-,11+,12-/m1/s1. The predicted octanol–water partition coefficient (Wildman–Crippen LogP) is 2.64. The van der Waals surface area contributed by atoms with Crippen LogP contribution in [0.2, 0.25) is 0 Å². The molecule has 4 heterocycles. The molecule has 0 aliphatic carbocycles. The molecule has 0 aromatic carbocycles. The molecular formula is C17H16F3N3O3S. The molecule has 0 saturated carbocycles. The third-order valence-electron chi connectivity index (χ3n) is 4.90. The number of hydrogen-bond acceptors (Lipinski definition) is 6. The summed E-state index contributed by atoms with van der Waals surface area (Å²) in [6.45, 7) is -1.65. The van der Waals surface area contributed by atoms with Crippen molar-refractivity contribution in [3.8, 4) is 0 Å². The molecule has 2 N–H and O–H groups in total. The van der Waals surface area contributed by atoms with E-state index in [4.69, 9.17) is 0 Å². The van der Waals surface area contributed by atoms with Gasteiger partial charge in [-0.1, -0.05) is 0 Å². The lowest BCUT2D eigenvalue weighted by Gasteiger charge is -2.21. The molecule has 3 atom stereocenters. The zero-order chi connectivity index (χ0) is 19.2. The van der Waals surface area contributed by atoms with Crippen LogP contribution in [0.1, 0.15) is 40.1 Å².